The van der Waals surface area contributed by atoms with E-state index in [9.17, 15) is 27.6 Å². The van der Waals surface area contributed by atoms with Crippen molar-refractivity contribution in [2.24, 2.45) is 0 Å². The number of rotatable bonds is 41. The predicted molar refractivity (Wildman–Crippen MR) is 268 cm³/mol. The average Bonchev–Trinajstić information content (AvgIpc) is 3.35. The zero-order valence-corrected chi connectivity index (χ0v) is 40.9. The number of carbonyl (C=O) groups is 3. The van der Waals surface area contributed by atoms with E-state index >= 15 is 0 Å². The monoisotopic (exact) mass is 963 g/mol. The van der Waals surface area contributed by atoms with Crippen molar-refractivity contribution in [3.63, 3.8) is 0 Å². The fourth-order valence-electron chi connectivity index (χ4n) is 7.35. The first kappa shape index (κ1) is 58.3. The van der Waals surface area contributed by atoms with E-state index < -0.39 is 17.9 Å². The molecule has 0 saturated carbocycles. The van der Waals surface area contributed by atoms with Crippen molar-refractivity contribution in [1.29, 1.82) is 0 Å². The Kier molecular flexibility index (Phi) is 31.1. The summed E-state index contributed by atoms with van der Waals surface area (Å²) in [6.45, 7) is 15.3. The van der Waals surface area contributed by atoms with Crippen molar-refractivity contribution in [3.8, 4) is 0 Å². The SMILES string of the molecule is C=C(C(=O)OCCCCCCCCCOCC(COCCCCCCCCCOC(=O)C(=C)c1ccc(F)cc1)OCCCCCCCCCOC(=O)C(=C)c1ccc(F)cc1)c1ccc(F)cc1. The molecule has 0 atom stereocenters. The van der Waals surface area contributed by atoms with Gasteiger partial charge in [-0.1, -0.05) is 152 Å². The number of unbranched alkanes of at least 4 members (excludes halogenated alkanes) is 18. The van der Waals surface area contributed by atoms with Gasteiger partial charge in [0, 0.05) is 19.8 Å². The maximum Gasteiger partial charge on any atom is 0.338 e. The molecule has 0 amide bonds. The summed E-state index contributed by atoms with van der Waals surface area (Å²) in [6, 6.07) is 16.9. The van der Waals surface area contributed by atoms with Crippen LogP contribution in [0.5, 0.6) is 0 Å². The quantitative estimate of drug-likeness (QED) is 0.0238. The number of ether oxygens (including phenoxy) is 6. The maximum atomic E-state index is 13.2. The lowest BCUT2D eigenvalue weighted by atomic mass is 10.1. The zero-order chi connectivity index (χ0) is 49.7. The van der Waals surface area contributed by atoms with Gasteiger partial charge in [-0.05, 0) is 91.6 Å². The molecule has 0 aliphatic rings. The fraction of sp³-hybridized carbons (Fsp3) is 0.526. The maximum absolute atomic E-state index is 13.2. The minimum atomic E-state index is -0.476. The molecule has 0 heterocycles. The minimum absolute atomic E-state index is 0.129. The van der Waals surface area contributed by atoms with Gasteiger partial charge in [0.15, 0.2) is 0 Å². The topological polar surface area (TPSA) is 107 Å². The lowest BCUT2D eigenvalue weighted by molar-refractivity contribution is -0.137. The summed E-state index contributed by atoms with van der Waals surface area (Å²) in [5, 5.41) is 0. The molecule has 0 spiro atoms. The minimum Gasteiger partial charge on any atom is -0.462 e. The Labute approximate surface area is 409 Å². The Bertz CT molecular complexity index is 1820. The van der Waals surface area contributed by atoms with Gasteiger partial charge < -0.3 is 28.4 Å². The van der Waals surface area contributed by atoms with Crippen LogP contribution >= 0.6 is 0 Å². The molecule has 380 valence electrons. The summed E-state index contributed by atoms with van der Waals surface area (Å²) in [5.74, 6) is -2.52. The van der Waals surface area contributed by atoms with Gasteiger partial charge in [0.2, 0.25) is 0 Å². The predicted octanol–water partition coefficient (Wildman–Crippen LogP) is 13.8. The molecule has 0 aromatic heterocycles. The van der Waals surface area contributed by atoms with Gasteiger partial charge in [0.1, 0.15) is 23.6 Å². The third kappa shape index (κ3) is 27.1. The van der Waals surface area contributed by atoms with E-state index in [1.165, 1.54) is 72.8 Å². The second-order valence-electron chi connectivity index (χ2n) is 17.4. The van der Waals surface area contributed by atoms with Crippen LogP contribution in [0.25, 0.3) is 16.7 Å². The molecule has 69 heavy (non-hydrogen) atoms. The molecule has 0 radical (unpaired) electrons. The summed E-state index contributed by atoms with van der Waals surface area (Å²) in [5.41, 5.74) is 2.35. The molecule has 0 N–H and O–H groups in total. The highest BCUT2D eigenvalue weighted by atomic mass is 19.1. The van der Waals surface area contributed by atoms with Gasteiger partial charge in [-0.25, -0.2) is 27.6 Å². The lowest BCUT2D eigenvalue weighted by Crippen LogP contribution is -2.26. The third-order valence-electron chi connectivity index (χ3n) is 11.6. The van der Waals surface area contributed by atoms with Crippen LogP contribution in [0.4, 0.5) is 13.2 Å². The summed E-state index contributed by atoms with van der Waals surface area (Å²) in [7, 11) is 0. The average molecular weight is 963 g/mol. The van der Waals surface area contributed by atoms with Gasteiger partial charge >= 0.3 is 17.9 Å². The molecular formula is C57H77F3O9. The highest BCUT2D eigenvalue weighted by Gasteiger charge is 2.14. The standard InChI is InChI=1S/C57H77F3O9/c1-45(48-25-31-51(58)32-26-48)55(61)67-40-22-16-10-4-7-13-19-37-64-43-54(66-39-21-15-9-6-12-18-24-42-69-57(63)47(3)50-29-35-53(60)36-30-50)44-65-38-20-14-8-5-11-17-23-41-68-56(62)46(2)49-27-33-52(59)34-28-49/h25-36,54H,1-24,37-44H2. The van der Waals surface area contributed by atoms with Crippen molar-refractivity contribution in [3.05, 3.63) is 127 Å². The number of benzene rings is 3. The first-order chi connectivity index (χ1) is 33.5. The van der Waals surface area contributed by atoms with Crippen molar-refractivity contribution in [1.82, 2.24) is 0 Å². The Morgan fingerprint density at radius 2 is 0.580 bits per heavy atom. The van der Waals surface area contributed by atoms with E-state index in [0.29, 0.717) is 69.5 Å². The van der Waals surface area contributed by atoms with Crippen molar-refractivity contribution in [2.45, 2.75) is 141 Å². The molecular weight excluding hydrogens is 886 g/mol. The van der Waals surface area contributed by atoms with E-state index in [4.69, 9.17) is 28.4 Å². The van der Waals surface area contributed by atoms with Gasteiger partial charge in [0.05, 0.1) is 49.8 Å². The van der Waals surface area contributed by atoms with Gasteiger partial charge in [0.25, 0.3) is 0 Å². The van der Waals surface area contributed by atoms with E-state index in [1.54, 1.807) is 0 Å². The van der Waals surface area contributed by atoms with Crippen LogP contribution in [0.1, 0.15) is 152 Å². The van der Waals surface area contributed by atoms with Crippen LogP contribution in [0.3, 0.4) is 0 Å². The van der Waals surface area contributed by atoms with Crippen LogP contribution in [-0.2, 0) is 42.8 Å². The molecule has 0 saturated heterocycles. The van der Waals surface area contributed by atoms with E-state index in [-0.39, 0.29) is 40.3 Å². The summed E-state index contributed by atoms with van der Waals surface area (Å²) >= 11 is 0. The molecule has 3 rings (SSSR count). The Balaban J connectivity index is 1.21. The number of carbonyl (C=O) groups excluding carboxylic acids is 3. The first-order valence-electron chi connectivity index (χ1n) is 25.2. The second-order valence-corrected chi connectivity index (χ2v) is 17.4. The Morgan fingerprint density at radius 1 is 0.348 bits per heavy atom. The van der Waals surface area contributed by atoms with E-state index in [0.717, 1.165) is 135 Å². The molecule has 3 aromatic rings. The molecule has 0 unspecified atom stereocenters. The fourth-order valence-corrected chi connectivity index (χ4v) is 7.35. The number of esters is 3. The van der Waals surface area contributed by atoms with Crippen LogP contribution in [-0.4, -0.2) is 76.9 Å². The van der Waals surface area contributed by atoms with E-state index in [2.05, 4.69) is 19.7 Å². The molecule has 0 bridgehead atoms. The number of hydrogen-bond donors (Lipinski definition) is 0. The molecule has 0 aliphatic heterocycles. The van der Waals surface area contributed by atoms with Crippen LogP contribution in [0.15, 0.2) is 92.5 Å². The molecule has 0 fully saturated rings. The Morgan fingerprint density at radius 3 is 0.855 bits per heavy atom. The molecule has 12 heteroatoms. The normalized spacial score (nSPS) is 11.1. The van der Waals surface area contributed by atoms with Crippen molar-refractivity contribution in [2.75, 3.05) is 52.9 Å². The smallest absolute Gasteiger partial charge is 0.338 e. The number of halogens is 3. The second kappa shape index (κ2) is 36.9. The Hall–Kier alpha value is -5.04. The molecule has 0 aliphatic carbocycles. The highest BCUT2D eigenvalue weighted by molar-refractivity contribution is 6.16. The molecule has 9 nitrogen and oxygen atoms in total. The van der Waals surface area contributed by atoms with Gasteiger partial charge in [-0.2, -0.15) is 0 Å². The summed E-state index contributed by atoms with van der Waals surface area (Å²) < 4.78 is 73.9. The van der Waals surface area contributed by atoms with Crippen molar-refractivity contribution >= 4 is 34.6 Å². The first-order valence-corrected chi connectivity index (χ1v) is 25.2. The summed E-state index contributed by atoms with van der Waals surface area (Å²) in [6.07, 6.45) is 21.1. The molecule has 3 aromatic carbocycles. The summed E-state index contributed by atoms with van der Waals surface area (Å²) in [4.78, 5) is 36.8. The zero-order valence-electron chi connectivity index (χ0n) is 40.9. The van der Waals surface area contributed by atoms with Crippen LogP contribution in [0, 0.1) is 17.5 Å². The van der Waals surface area contributed by atoms with Gasteiger partial charge in [-0.15, -0.1) is 0 Å². The largest absolute Gasteiger partial charge is 0.462 e. The third-order valence-corrected chi connectivity index (χ3v) is 11.6. The lowest BCUT2D eigenvalue weighted by Gasteiger charge is -2.18. The van der Waals surface area contributed by atoms with Crippen molar-refractivity contribution < 1.29 is 56.0 Å². The van der Waals surface area contributed by atoms with Crippen LogP contribution < -0.4 is 0 Å². The highest BCUT2D eigenvalue weighted by Crippen LogP contribution is 2.19. The van der Waals surface area contributed by atoms with Crippen LogP contribution in [0.2, 0.25) is 0 Å². The van der Waals surface area contributed by atoms with Gasteiger partial charge in [-0.3, -0.25) is 0 Å². The van der Waals surface area contributed by atoms with E-state index in [1.807, 2.05) is 0 Å². The number of hydrogen-bond acceptors (Lipinski definition) is 9.